The van der Waals surface area contributed by atoms with Crippen molar-refractivity contribution in [2.75, 3.05) is 9.80 Å². The van der Waals surface area contributed by atoms with Crippen LogP contribution in [-0.2, 0) is 16.2 Å². The number of anilines is 4. The lowest BCUT2D eigenvalue weighted by Crippen LogP contribution is -2.68. The third kappa shape index (κ3) is 3.26. The fraction of sp³-hybridized carbons (Fsp3) is 0.617. The van der Waals surface area contributed by atoms with E-state index in [0.29, 0.717) is 0 Å². The van der Waals surface area contributed by atoms with E-state index >= 15 is 0 Å². The molecule has 0 saturated heterocycles. The quantitative estimate of drug-likeness (QED) is 0.221. The molecule has 4 aliphatic heterocycles. The fourth-order valence-electron chi connectivity index (χ4n) is 15.1. The molecule has 3 heteroatoms. The molecule has 260 valence electrons. The molecule has 3 aromatic carbocycles. The highest BCUT2D eigenvalue weighted by molar-refractivity contribution is 7.00. The number of rotatable bonds is 0. The molecule has 0 amide bonds. The number of aryl methyl sites for hydroxylation is 1. The summed E-state index contributed by atoms with van der Waals surface area (Å²) in [4.78, 5) is 5.99. The highest BCUT2D eigenvalue weighted by atomic mass is 15.3. The maximum Gasteiger partial charge on any atom is 0.252 e. The summed E-state index contributed by atoms with van der Waals surface area (Å²) in [5, 5.41) is 0. The molecule has 8 atom stereocenters. The van der Waals surface area contributed by atoms with E-state index in [0.717, 1.165) is 23.7 Å². The third-order valence-electron chi connectivity index (χ3n) is 17.8. The molecule has 8 unspecified atom stereocenters. The summed E-state index contributed by atoms with van der Waals surface area (Å²) in [6.07, 6.45) is 16.7. The largest absolute Gasteiger partial charge is 0.335 e. The SMILES string of the molecule is Cc1cc2c3c(c1)N1c4c(cc(C(C)(C)C)cc4C4(C)C5CCCCC5CCC14C)B3c1cccc3c1N2C1(C)CCC2CCCCC2C31C. The number of para-hydroxylation sites is 1. The first-order valence-electron chi connectivity index (χ1n) is 20.9. The van der Waals surface area contributed by atoms with Crippen LogP contribution in [0.4, 0.5) is 22.7 Å². The first-order chi connectivity index (χ1) is 23.8. The molecule has 11 rings (SSSR count). The van der Waals surface area contributed by atoms with Crippen LogP contribution in [-0.4, -0.2) is 17.8 Å². The van der Waals surface area contributed by atoms with Crippen LogP contribution < -0.4 is 26.2 Å². The molecule has 8 aliphatic rings. The summed E-state index contributed by atoms with van der Waals surface area (Å²) in [5.41, 5.74) is 18.0. The van der Waals surface area contributed by atoms with Gasteiger partial charge in [0.2, 0.25) is 0 Å². The van der Waals surface area contributed by atoms with Crippen molar-refractivity contribution >= 4 is 45.9 Å². The number of hydrogen-bond donors (Lipinski definition) is 0. The second kappa shape index (κ2) is 9.46. The van der Waals surface area contributed by atoms with Gasteiger partial charge < -0.3 is 9.80 Å². The number of fused-ring (bicyclic) bond motifs is 14. The molecule has 3 aromatic rings. The second-order valence-corrected chi connectivity index (χ2v) is 20.6. The van der Waals surface area contributed by atoms with Crippen LogP contribution in [0.1, 0.15) is 148 Å². The Morgan fingerprint density at radius 2 is 1.18 bits per heavy atom. The Morgan fingerprint density at radius 1 is 0.640 bits per heavy atom. The molecule has 4 saturated carbocycles. The summed E-state index contributed by atoms with van der Waals surface area (Å²) in [7, 11) is 0. The normalized spacial score (nSPS) is 38.4. The lowest BCUT2D eigenvalue weighted by atomic mass is 9.33. The topological polar surface area (TPSA) is 6.48 Å². The van der Waals surface area contributed by atoms with Gasteiger partial charge in [0.05, 0.1) is 11.1 Å². The van der Waals surface area contributed by atoms with E-state index in [4.69, 9.17) is 0 Å². The fourth-order valence-corrected chi connectivity index (χ4v) is 15.1. The average molecular weight is 663 g/mol. The Bertz CT molecular complexity index is 1990. The summed E-state index contributed by atoms with van der Waals surface area (Å²) < 4.78 is 0. The monoisotopic (exact) mass is 662 g/mol. The predicted molar refractivity (Wildman–Crippen MR) is 213 cm³/mol. The van der Waals surface area contributed by atoms with Gasteiger partial charge in [-0.3, -0.25) is 0 Å². The number of nitrogens with zero attached hydrogens (tertiary/aromatic N) is 2. The first-order valence-corrected chi connectivity index (χ1v) is 20.9. The van der Waals surface area contributed by atoms with Gasteiger partial charge in [0.1, 0.15) is 0 Å². The van der Waals surface area contributed by atoms with Gasteiger partial charge in [0, 0.05) is 33.6 Å². The minimum absolute atomic E-state index is 0.0668. The maximum atomic E-state index is 3.00. The van der Waals surface area contributed by atoms with Crippen LogP contribution in [0.15, 0.2) is 42.5 Å². The van der Waals surface area contributed by atoms with E-state index in [1.165, 1.54) is 82.6 Å². The van der Waals surface area contributed by atoms with Crippen molar-refractivity contribution < 1.29 is 0 Å². The minimum atomic E-state index is 0.0668. The van der Waals surface area contributed by atoms with Gasteiger partial charge in [-0.15, -0.1) is 0 Å². The third-order valence-corrected chi connectivity index (χ3v) is 17.8. The summed E-state index contributed by atoms with van der Waals surface area (Å²) in [5.74, 6) is 3.28. The number of benzene rings is 3. The minimum Gasteiger partial charge on any atom is -0.335 e. The predicted octanol–water partition coefficient (Wildman–Crippen LogP) is 9.97. The van der Waals surface area contributed by atoms with Gasteiger partial charge in [0.15, 0.2) is 0 Å². The molecule has 0 radical (unpaired) electrons. The standard InChI is InChI=1S/C47H59BN2/c1-28-24-38-40-39(25-28)50-42-35(47(8)33-17-12-10-15-30(33)21-23-45(47,50)6)26-31(43(2,3)4)27-37(42)48(40)36-19-13-18-34-41(36)49(38)44(5)22-20-29-14-9-11-16-32(29)46(34,44)7/h13,18-19,24-27,29-30,32-33H,9-12,14-17,20-23H2,1-8H3. The van der Waals surface area contributed by atoms with Crippen LogP contribution in [0, 0.1) is 30.6 Å². The highest BCUT2D eigenvalue weighted by Gasteiger charge is 2.69. The van der Waals surface area contributed by atoms with E-state index in [9.17, 15) is 0 Å². The van der Waals surface area contributed by atoms with Crippen molar-refractivity contribution in [3.05, 3.63) is 64.7 Å². The highest BCUT2D eigenvalue weighted by Crippen LogP contribution is 2.69. The molecule has 2 nitrogen and oxygen atoms in total. The summed E-state index contributed by atoms with van der Waals surface area (Å²) >= 11 is 0. The molecular weight excluding hydrogens is 603 g/mol. The molecular formula is C47H59BN2. The molecule has 0 N–H and O–H groups in total. The van der Waals surface area contributed by atoms with Gasteiger partial charge in [-0.25, -0.2) is 0 Å². The molecule has 0 aromatic heterocycles. The van der Waals surface area contributed by atoms with E-state index in [1.807, 2.05) is 0 Å². The smallest absolute Gasteiger partial charge is 0.252 e. The van der Waals surface area contributed by atoms with Crippen molar-refractivity contribution in [1.82, 2.24) is 0 Å². The molecule has 4 fully saturated rings. The first kappa shape index (κ1) is 30.9. The summed E-state index contributed by atoms with van der Waals surface area (Å²) in [6, 6.07) is 18.3. The zero-order valence-corrected chi connectivity index (χ0v) is 32.3. The van der Waals surface area contributed by atoms with Crippen LogP contribution in [0.25, 0.3) is 0 Å². The van der Waals surface area contributed by atoms with E-state index < -0.39 is 0 Å². The maximum absolute atomic E-state index is 3.00. The van der Waals surface area contributed by atoms with Gasteiger partial charge in [-0.2, -0.15) is 0 Å². The molecule has 0 spiro atoms. The van der Waals surface area contributed by atoms with Crippen LogP contribution in [0.2, 0.25) is 0 Å². The Balaban J connectivity index is 1.24. The van der Waals surface area contributed by atoms with Crippen molar-refractivity contribution in [1.29, 1.82) is 0 Å². The van der Waals surface area contributed by atoms with Crippen molar-refractivity contribution in [3.8, 4) is 0 Å². The van der Waals surface area contributed by atoms with Crippen LogP contribution in [0.5, 0.6) is 0 Å². The van der Waals surface area contributed by atoms with Gasteiger partial charge in [-0.1, -0.05) is 103 Å². The van der Waals surface area contributed by atoms with Gasteiger partial charge >= 0.3 is 0 Å². The van der Waals surface area contributed by atoms with Crippen molar-refractivity contribution in [2.24, 2.45) is 23.7 Å². The van der Waals surface area contributed by atoms with Gasteiger partial charge in [-0.05, 0) is 139 Å². The van der Waals surface area contributed by atoms with E-state index in [2.05, 4.69) is 108 Å². The van der Waals surface area contributed by atoms with Crippen LogP contribution >= 0.6 is 0 Å². The molecule has 0 bridgehead atoms. The Labute approximate surface area is 302 Å². The second-order valence-electron chi connectivity index (χ2n) is 20.6. The Hall–Kier alpha value is -2.68. The zero-order chi connectivity index (χ0) is 34.3. The Morgan fingerprint density at radius 3 is 1.76 bits per heavy atom. The van der Waals surface area contributed by atoms with Crippen LogP contribution in [0.3, 0.4) is 0 Å². The molecule has 4 heterocycles. The Kier molecular flexibility index (Phi) is 5.84. The molecule has 4 aliphatic carbocycles. The van der Waals surface area contributed by atoms with Crippen molar-refractivity contribution in [2.45, 2.75) is 160 Å². The van der Waals surface area contributed by atoms with Crippen molar-refractivity contribution in [3.63, 3.8) is 0 Å². The zero-order valence-electron chi connectivity index (χ0n) is 32.3. The lowest BCUT2D eigenvalue weighted by molar-refractivity contribution is 0.0318. The average Bonchev–Trinajstić information content (AvgIpc) is 3.45. The number of hydrogen-bond acceptors (Lipinski definition) is 2. The summed E-state index contributed by atoms with van der Waals surface area (Å²) in [6.45, 7) is 20.9. The molecule has 50 heavy (non-hydrogen) atoms. The van der Waals surface area contributed by atoms with Gasteiger partial charge in [0.25, 0.3) is 6.71 Å². The van der Waals surface area contributed by atoms with E-state index in [1.54, 1.807) is 55.8 Å². The van der Waals surface area contributed by atoms with E-state index in [-0.39, 0.29) is 34.0 Å². The lowest BCUT2D eigenvalue weighted by Gasteiger charge is -2.60.